The molecular formula is C11H15NO4. The summed E-state index contributed by atoms with van der Waals surface area (Å²) in [5.41, 5.74) is 5.68. The molecule has 1 atom stereocenters. The summed E-state index contributed by atoms with van der Waals surface area (Å²) in [7, 11) is 1.48. The van der Waals surface area contributed by atoms with E-state index in [1.54, 1.807) is 25.1 Å². The van der Waals surface area contributed by atoms with E-state index in [2.05, 4.69) is 0 Å². The fourth-order valence-electron chi connectivity index (χ4n) is 1.21. The summed E-state index contributed by atoms with van der Waals surface area (Å²) in [4.78, 5) is 10.6. The fraction of sp³-hybridized carbons (Fsp3) is 0.364. The van der Waals surface area contributed by atoms with E-state index in [0.717, 1.165) is 0 Å². The Morgan fingerprint density at radius 2 is 2.19 bits per heavy atom. The fourth-order valence-corrected chi connectivity index (χ4v) is 1.21. The summed E-state index contributed by atoms with van der Waals surface area (Å²) < 4.78 is 10.2. The van der Waals surface area contributed by atoms with Crippen molar-refractivity contribution >= 4 is 5.91 Å². The van der Waals surface area contributed by atoms with Crippen LogP contribution in [0.2, 0.25) is 0 Å². The van der Waals surface area contributed by atoms with Crippen LogP contribution in [-0.4, -0.2) is 24.7 Å². The maximum absolute atomic E-state index is 10.6. The average Bonchev–Trinajstić information content (AvgIpc) is 2.25. The van der Waals surface area contributed by atoms with Crippen molar-refractivity contribution < 1.29 is 19.4 Å². The van der Waals surface area contributed by atoms with Gasteiger partial charge in [-0.2, -0.15) is 0 Å². The molecule has 0 aromatic heterocycles. The molecule has 0 saturated carbocycles. The highest BCUT2D eigenvalue weighted by Crippen LogP contribution is 2.30. The van der Waals surface area contributed by atoms with E-state index in [1.807, 2.05) is 0 Å². The number of hydrogen-bond donors (Lipinski definition) is 2. The first-order valence-corrected chi connectivity index (χ1v) is 4.81. The van der Waals surface area contributed by atoms with Crippen LogP contribution in [0.5, 0.6) is 11.5 Å². The smallest absolute Gasteiger partial charge is 0.255 e. The van der Waals surface area contributed by atoms with Gasteiger partial charge in [-0.15, -0.1) is 0 Å². The lowest BCUT2D eigenvalue weighted by Crippen LogP contribution is -2.20. The van der Waals surface area contributed by atoms with Crippen molar-refractivity contribution in [1.82, 2.24) is 0 Å². The first-order valence-electron chi connectivity index (χ1n) is 4.81. The molecule has 3 N–H and O–H groups in total. The first-order chi connectivity index (χ1) is 7.54. The Hall–Kier alpha value is -1.75. The number of amides is 1. The predicted molar refractivity (Wildman–Crippen MR) is 58.3 cm³/mol. The van der Waals surface area contributed by atoms with Crippen molar-refractivity contribution in [2.24, 2.45) is 5.73 Å². The van der Waals surface area contributed by atoms with Gasteiger partial charge in [0.2, 0.25) is 0 Å². The molecule has 0 heterocycles. The Labute approximate surface area is 93.8 Å². The van der Waals surface area contributed by atoms with Gasteiger partial charge in [-0.05, 0) is 24.6 Å². The largest absolute Gasteiger partial charge is 0.493 e. The van der Waals surface area contributed by atoms with Gasteiger partial charge < -0.3 is 20.3 Å². The zero-order chi connectivity index (χ0) is 12.1. The molecule has 5 heteroatoms. The number of carbonyl (C=O) groups excluding carboxylic acids is 1. The van der Waals surface area contributed by atoms with Gasteiger partial charge in [0.05, 0.1) is 13.2 Å². The third-order valence-electron chi connectivity index (χ3n) is 2.04. The molecule has 0 fully saturated rings. The van der Waals surface area contributed by atoms with Crippen LogP contribution >= 0.6 is 0 Å². The summed E-state index contributed by atoms with van der Waals surface area (Å²) in [5, 5.41) is 9.38. The van der Waals surface area contributed by atoms with Gasteiger partial charge in [0.15, 0.2) is 18.1 Å². The number of benzene rings is 1. The van der Waals surface area contributed by atoms with E-state index in [0.29, 0.717) is 17.1 Å². The molecule has 1 amide bonds. The van der Waals surface area contributed by atoms with Gasteiger partial charge in [0, 0.05) is 0 Å². The van der Waals surface area contributed by atoms with Gasteiger partial charge in [-0.3, -0.25) is 4.79 Å². The number of rotatable bonds is 5. The molecule has 0 aliphatic carbocycles. The third kappa shape index (κ3) is 3.13. The van der Waals surface area contributed by atoms with Crippen LogP contribution in [0.15, 0.2) is 18.2 Å². The van der Waals surface area contributed by atoms with Crippen LogP contribution in [0.25, 0.3) is 0 Å². The summed E-state index contributed by atoms with van der Waals surface area (Å²) in [6.07, 6.45) is -0.584. The molecule has 0 aliphatic heterocycles. The second-order valence-electron chi connectivity index (χ2n) is 3.34. The molecule has 88 valence electrons. The predicted octanol–water partition coefficient (Wildman–Crippen LogP) is 0.613. The molecular weight excluding hydrogens is 210 g/mol. The van der Waals surface area contributed by atoms with Crippen molar-refractivity contribution in [2.75, 3.05) is 13.7 Å². The molecule has 5 nitrogen and oxygen atoms in total. The van der Waals surface area contributed by atoms with Crippen molar-refractivity contribution in [3.8, 4) is 11.5 Å². The molecule has 0 saturated heterocycles. The average molecular weight is 225 g/mol. The number of carbonyl (C=O) groups is 1. The number of ether oxygens (including phenoxy) is 2. The zero-order valence-electron chi connectivity index (χ0n) is 9.27. The van der Waals surface area contributed by atoms with E-state index in [1.165, 1.54) is 7.11 Å². The Bertz CT molecular complexity index is 376. The van der Waals surface area contributed by atoms with E-state index in [4.69, 9.17) is 15.2 Å². The Kier molecular flexibility index (Phi) is 4.13. The maximum Gasteiger partial charge on any atom is 0.255 e. The van der Waals surface area contributed by atoms with Gasteiger partial charge in [0.1, 0.15) is 0 Å². The standard InChI is InChI=1S/C11H15NO4/c1-7(13)8-3-4-9(10(5-8)15-2)16-6-11(12)14/h3-5,7,13H,6H2,1-2H3,(H2,12,14)/t7-/m0/s1. The monoisotopic (exact) mass is 225 g/mol. The molecule has 1 rings (SSSR count). The first kappa shape index (κ1) is 12.3. The highest BCUT2D eigenvalue weighted by molar-refractivity contribution is 5.75. The normalized spacial score (nSPS) is 11.9. The molecule has 16 heavy (non-hydrogen) atoms. The van der Waals surface area contributed by atoms with Gasteiger partial charge in [-0.25, -0.2) is 0 Å². The van der Waals surface area contributed by atoms with Crippen LogP contribution in [0.4, 0.5) is 0 Å². The van der Waals surface area contributed by atoms with Crippen molar-refractivity contribution in [3.05, 3.63) is 23.8 Å². The summed E-state index contributed by atoms with van der Waals surface area (Å²) in [6.45, 7) is 1.45. The zero-order valence-corrected chi connectivity index (χ0v) is 9.27. The molecule has 0 unspecified atom stereocenters. The van der Waals surface area contributed by atoms with Gasteiger partial charge >= 0.3 is 0 Å². The Morgan fingerprint density at radius 1 is 1.50 bits per heavy atom. The minimum absolute atomic E-state index is 0.204. The van der Waals surface area contributed by atoms with E-state index in [-0.39, 0.29) is 6.61 Å². The Morgan fingerprint density at radius 3 is 2.69 bits per heavy atom. The summed E-state index contributed by atoms with van der Waals surface area (Å²) in [6, 6.07) is 4.98. The van der Waals surface area contributed by atoms with E-state index >= 15 is 0 Å². The Balaban J connectivity index is 2.88. The van der Waals surface area contributed by atoms with Crippen LogP contribution < -0.4 is 15.2 Å². The van der Waals surface area contributed by atoms with Gasteiger partial charge in [-0.1, -0.05) is 6.07 Å². The molecule has 0 bridgehead atoms. The second-order valence-corrected chi connectivity index (χ2v) is 3.34. The van der Waals surface area contributed by atoms with Crippen LogP contribution in [0.1, 0.15) is 18.6 Å². The number of aliphatic hydroxyl groups excluding tert-OH is 1. The summed E-state index contributed by atoms with van der Waals surface area (Å²) in [5.74, 6) is 0.326. The number of methoxy groups -OCH3 is 1. The van der Waals surface area contributed by atoms with Crippen molar-refractivity contribution in [2.45, 2.75) is 13.0 Å². The number of aliphatic hydroxyl groups is 1. The number of hydrogen-bond acceptors (Lipinski definition) is 4. The lowest BCUT2D eigenvalue weighted by molar-refractivity contribution is -0.119. The lowest BCUT2D eigenvalue weighted by Gasteiger charge is -2.12. The minimum Gasteiger partial charge on any atom is -0.493 e. The topological polar surface area (TPSA) is 81.8 Å². The SMILES string of the molecule is COc1cc([C@H](C)O)ccc1OCC(N)=O. The van der Waals surface area contributed by atoms with Crippen LogP contribution in [0, 0.1) is 0 Å². The molecule has 1 aromatic carbocycles. The lowest BCUT2D eigenvalue weighted by atomic mass is 10.1. The number of nitrogens with two attached hydrogens (primary N) is 1. The third-order valence-corrected chi connectivity index (χ3v) is 2.04. The van der Waals surface area contributed by atoms with Gasteiger partial charge in [0.25, 0.3) is 5.91 Å². The van der Waals surface area contributed by atoms with Crippen LogP contribution in [0.3, 0.4) is 0 Å². The van der Waals surface area contributed by atoms with E-state index < -0.39 is 12.0 Å². The highest BCUT2D eigenvalue weighted by atomic mass is 16.5. The molecule has 0 spiro atoms. The van der Waals surface area contributed by atoms with E-state index in [9.17, 15) is 9.90 Å². The molecule has 0 radical (unpaired) electrons. The van der Waals surface area contributed by atoms with Crippen molar-refractivity contribution in [1.29, 1.82) is 0 Å². The minimum atomic E-state index is -0.584. The quantitative estimate of drug-likeness (QED) is 0.769. The molecule has 1 aromatic rings. The molecule has 0 aliphatic rings. The maximum atomic E-state index is 10.6. The van der Waals surface area contributed by atoms with Crippen molar-refractivity contribution in [3.63, 3.8) is 0 Å². The number of primary amides is 1. The van der Waals surface area contributed by atoms with Crippen LogP contribution in [-0.2, 0) is 4.79 Å². The highest BCUT2D eigenvalue weighted by Gasteiger charge is 2.09. The summed E-state index contributed by atoms with van der Waals surface area (Å²) >= 11 is 0. The second kappa shape index (κ2) is 5.37.